The summed E-state index contributed by atoms with van der Waals surface area (Å²) in [4.78, 5) is 0. The van der Waals surface area contributed by atoms with Gasteiger partial charge in [-0.3, -0.25) is 0 Å². The standard InChI is InChI=1S/C16H24O2/c1-4-5-6-10-16(2,3)12-8-7-9-13(17)15(12)14-11-18-14/h7-9,14,17H,4-6,10-11H2,1-3H3. The minimum absolute atomic E-state index is 0.106. The van der Waals surface area contributed by atoms with E-state index in [1.807, 2.05) is 6.07 Å². The maximum Gasteiger partial charge on any atom is 0.121 e. The first-order chi connectivity index (χ1) is 8.56. The zero-order valence-electron chi connectivity index (χ0n) is 11.7. The van der Waals surface area contributed by atoms with Crippen LogP contribution in [0, 0.1) is 0 Å². The molecule has 18 heavy (non-hydrogen) atoms. The Hall–Kier alpha value is -1.02. The number of hydrogen-bond donors (Lipinski definition) is 1. The van der Waals surface area contributed by atoms with Gasteiger partial charge in [-0.2, -0.15) is 0 Å². The molecule has 0 radical (unpaired) electrons. The van der Waals surface area contributed by atoms with E-state index in [1.165, 1.54) is 24.8 Å². The molecule has 0 aromatic heterocycles. The van der Waals surface area contributed by atoms with Gasteiger partial charge in [0.1, 0.15) is 11.9 Å². The topological polar surface area (TPSA) is 32.8 Å². The third kappa shape index (κ3) is 2.86. The predicted molar refractivity (Wildman–Crippen MR) is 74.0 cm³/mol. The summed E-state index contributed by atoms with van der Waals surface area (Å²) < 4.78 is 5.38. The van der Waals surface area contributed by atoms with E-state index in [2.05, 4.69) is 26.8 Å². The summed E-state index contributed by atoms with van der Waals surface area (Å²) >= 11 is 0. The van der Waals surface area contributed by atoms with Gasteiger partial charge in [-0.1, -0.05) is 52.2 Å². The third-order valence-corrected chi connectivity index (χ3v) is 3.87. The summed E-state index contributed by atoms with van der Waals surface area (Å²) in [5.41, 5.74) is 2.37. The average molecular weight is 248 g/mol. The van der Waals surface area contributed by atoms with Gasteiger partial charge in [0, 0.05) is 5.56 Å². The van der Waals surface area contributed by atoms with Crippen LogP contribution in [-0.2, 0) is 10.2 Å². The van der Waals surface area contributed by atoms with E-state index in [0.29, 0.717) is 5.75 Å². The number of benzene rings is 1. The van der Waals surface area contributed by atoms with Crippen molar-refractivity contribution in [3.8, 4) is 5.75 Å². The van der Waals surface area contributed by atoms with E-state index in [0.717, 1.165) is 18.6 Å². The summed E-state index contributed by atoms with van der Waals surface area (Å²) in [6.45, 7) is 7.51. The van der Waals surface area contributed by atoms with Crippen LogP contribution >= 0.6 is 0 Å². The number of hydrogen-bond acceptors (Lipinski definition) is 2. The van der Waals surface area contributed by atoms with E-state index >= 15 is 0 Å². The number of rotatable bonds is 6. The molecule has 0 saturated carbocycles. The van der Waals surface area contributed by atoms with Crippen molar-refractivity contribution in [3.05, 3.63) is 29.3 Å². The van der Waals surface area contributed by atoms with Gasteiger partial charge in [0.15, 0.2) is 0 Å². The predicted octanol–water partition coefficient (Wildman–Crippen LogP) is 4.32. The molecular weight excluding hydrogens is 224 g/mol. The van der Waals surface area contributed by atoms with Crippen molar-refractivity contribution in [2.45, 2.75) is 58.0 Å². The minimum Gasteiger partial charge on any atom is -0.508 e. The SMILES string of the molecule is CCCCCC(C)(C)c1cccc(O)c1C1CO1. The first-order valence-electron chi connectivity index (χ1n) is 7.00. The molecule has 2 rings (SSSR count). The Morgan fingerprint density at radius 1 is 1.33 bits per heavy atom. The Balaban J connectivity index is 2.23. The number of ether oxygens (including phenoxy) is 1. The van der Waals surface area contributed by atoms with Crippen LogP contribution in [0.25, 0.3) is 0 Å². The maximum atomic E-state index is 10.1. The zero-order valence-corrected chi connectivity index (χ0v) is 11.7. The van der Waals surface area contributed by atoms with Gasteiger partial charge in [0.05, 0.1) is 6.61 Å². The van der Waals surface area contributed by atoms with E-state index in [1.54, 1.807) is 6.07 Å². The van der Waals surface area contributed by atoms with Crippen LogP contribution in [0.15, 0.2) is 18.2 Å². The van der Waals surface area contributed by atoms with Crippen molar-refractivity contribution in [1.82, 2.24) is 0 Å². The second-order valence-corrected chi connectivity index (χ2v) is 5.90. The van der Waals surface area contributed by atoms with Crippen LogP contribution in [0.1, 0.15) is 63.7 Å². The Kier molecular flexibility index (Phi) is 3.96. The quantitative estimate of drug-likeness (QED) is 0.600. The van der Waals surface area contributed by atoms with Crippen LogP contribution in [0.5, 0.6) is 5.75 Å². The second-order valence-electron chi connectivity index (χ2n) is 5.90. The summed E-state index contributed by atoms with van der Waals surface area (Å²) in [6.07, 6.45) is 5.03. The van der Waals surface area contributed by atoms with Crippen molar-refractivity contribution in [2.75, 3.05) is 6.61 Å². The Morgan fingerprint density at radius 2 is 2.06 bits per heavy atom. The highest BCUT2D eigenvalue weighted by Gasteiger charge is 2.34. The second kappa shape index (κ2) is 5.31. The lowest BCUT2D eigenvalue weighted by molar-refractivity contribution is 0.386. The van der Waals surface area contributed by atoms with Gasteiger partial charge in [0.25, 0.3) is 0 Å². The van der Waals surface area contributed by atoms with Crippen molar-refractivity contribution in [2.24, 2.45) is 0 Å². The Morgan fingerprint density at radius 3 is 2.67 bits per heavy atom. The molecule has 0 aliphatic carbocycles. The van der Waals surface area contributed by atoms with Gasteiger partial charge in [0.2, 0.25) is 0 Å². The van der Waals surface area contributed by atoms with Gasteiger partial charge < -0.3 is 9.84 Å². The van der Waals surface area contributed by atoms with E-state index in [-0.39, 0.29) is 11.5 Å². The molecule has 1 unspecified atom stereocenters. The molecule has 0 spiro atoms. The smallest absolute Gasteiger partial charge is 0.121 e. The summed E-state index contributed by atoms with van der Waals surface area (Å²) in [6, 6.07) is 5.85. The molecule has 1 saturated heterocycles. The summed E-state index contributed by atoms with van der Waals surface area (Å²) in [5, 5.41) is 10.1. The molecule has 0 amide bonds. The Bertz CT molecular complexity index is 406. The molecule has 1 aromatic carbocycles. The molecule has 1 aliphatic rings. The highest BCUT2D eigenvalue weighted by Crippen LogP contribution is 2.43. The molecule has 1 heterocycles. The molecule has 100 valence electrons. The number of unbranched alkanes of at least 4 members (excludes halogenated alkanes) is 2. The fraction of sp³-hybridized carbons (Fsp3) is 0.625. The molecule has 1 aromatic rings. The van der Waals surface area contributed by atoms with Gasteiger partial charge in [-0.25, -0.2) is 0 Å². The number of phenolic OH excluding ortho intramolecular Hbond substituents is 1. The van der Waals surface area contributed by atoms with Crippen LogP contribution in [0.2, 0.25) is 0 Å². The van der Waals surface area contributed by atoms with E-state index < -0.39 is 0 Å². The van der Waals surface area contributed by atoms with Crippen molar-refractivity contribution in [3.63, 3.8) is 0 Å². The van der Waals surface area contributed by atoms with E-state index in [9.17, 15) is 5.11 Å². The first-order valence-corrected chi connectivity index (χ1v) is 7.00. The van der Waals surface area contributed by atoms with Crippen LogP contribution in [-0.4, -0.2) is 11.7 Å². The minimum atomic E-state index is 0.106. The summed E-state index contributed by atoms with van der Waals surface area (Å²) in [7, 11) is 0. The Labute approximate surface area is 110 Å². The molecule has 1 fully saturated rings. The van der Waals surface area contributed by atoms with E-state index in [4.69, 9.17) is 4.74 Å². The molecule has 2 nitrogen and oxygen atoms in total. The molecule has 1 aliphatic heterocycles. The summed E-state index contributed by atoms with van der Waals surface area (Å²) in [5.74, 6) is 0.388. The number of aromatic hydroxyl groups is 1. The zero-order chi connectivity index (χ0) is 13.2. The van der Waals surface area contributed by atoms with Crippen molar-refractivity contribution >= 4 is 0 Å². The first kappa shape index (κ1) is 13.4. The highest BCUT2D eigenvalue weighted by atomic mass is 16.6. The third-order valence-electron chi connectivity index (χ3n) is 3.87. The normalized spacial score (nSPS) is 18.9. The fourth-order valence-corrected chi connectivity index (χ4v) is 2.65. The molecule has 1 N–H and O–H groups in total. The maximum absolute atomic E-state index is 10.1. The molecule has 2 heteroatoms. The fourth-order valence-electron chi connectivity index (χ4n) is 2.65. The number of epoxide rings is 1. The van der Waals surface area contributed by atoms with Crippen molar-refractivity contribution in [1.29, 1.82) is 0 Å². The largest absolute Gasteiger partial charge is 0.508 e. The number of phenols is 1. The van der Waals surface area contributed by atoms with Crippen molar-refractivity contribution < 1.29 is 9.84 Å². The average Bonchev–Trinajstić information content (AvgIpc) is 3.13. The lowest BCUT2D eigenvalue weighted by Gasteiger charge is -2.28. The van der Waals surface area contributed by atoms with Gasteiger partial charge in [-0.15, -0.1) is 0 Å². The lowest BCUT2D eigenvalue weighted by Crippen LogP contribution is -2.19. The molecule has 1 atom stereocenters. The lowest BCUT2D eigenvalue weighted by atomic mass is 9.77. The molecule has 0 bridgehead atoms. The van der Waals surface area contributed by atoms with Gasteiger partial charge >= 0.3 is 0 Å². The van der Waals surface area contributed by atoms with Crippen LogP contribution in [0.4, 0.5) is 0 Å². The molecular formula is C16H24O2. The monoisotopic (exact) mass is 248 g/mol. The van der Waals surface area contributed by atoms with Gasteiger partial charge in [-0.05, 0) is 23.5 Å². The van der Waals surface area contributed by atoms with Crippen LogP contribution in [0.3, 0.4) is 0 Å². The van der Waals surface area contributed by atoms with Crippen LogP contribution < -0.4 is 0 Å². The highest BCUT2D eigenvalue weighted by molar-refractivity contribution is 5.45.